The number of hydrogen-bond donors (Lipinski definition) is 0. The van der Waals surface area contributed by atoms with Crippen LogP contribution in [0.4, 0.5) is 11.4 Å². The number of thiazole rings is 1. The van der Waals surface area contributed by atoms with Crippen LogP contribution in [0.3, 0.4) is 0 Å². The summed E-state index contributed by atoms with van der Waals surface area (Å²) >= 11 is 3.71. The van der Waals surface area contributed by atoms with Gasteiger partial charge in [-0.1, -0.05) is 141 Å². The van der Waals surface area contributed by atoms with Gasteiger partial charge in [-0.25, -0.2) is 4.98 Å². The van der Waals surface area contributed by atoms with Crippen LogP contribution in [0.2, 0.25) is 0 Å². The lowest BCUT2D eigenvalue weighted by Crippen LogP contribution is -2.60. The van der Waals surface area contributed by atoms with Gasteiger partial charge in [-0.05, 0) is 145 Å². The summed E-state index contributed by atoms with van der Waals surface area (Å²) < 4.78 is 6.53. The maximum absolute atomic E-state index is 5.44. The molecule has 0 N–H and O–H groups in total. The molecule has 11 aromatic rings. The largest absolute Gasteiger partial charge is 0.376 e. The number of rotatable bonds is 2. The van der Waals surface area contributed by atoms with Gasteiger partial charge >= 0.3 is 6.85 Å². The van der Waals surface area contributed by atoms with Crippen molar-refractivity contribution in [3.63, 3.8) is 0 Å². The lowest BCUT2D eigenvalue weighted by molar-refractivity contribution is 0.331. The second kappa shape index (κ2) is 13.5. The van der Waals surface area contributed by atoms with E-state index >= 15 is 0 Å². The first-order valence-corrected chi connectivity index (χ1v) is 26.9. The molecule has 3 nitrogen and oxygen atoms in total. The summed E-state index contributed by atoms with van der Waals surface area (Å²) in [5.41, 5.74) is 24.0. The summed E-state index contributed by atoms with van der Waals surface area (Å²) in [4.78, 5) is 8.17. The second-order valence-corrected chi connectivity index (χ2v) is 25.9. The van der Waals surface area contributed by atoms with Gasteiger partial charge in [-0.2, -0.15) is 0 Å². The molecule has 0 atom stereocenters. The van der Waals surface area contributed by atoms with Gasteiger partial charge < -0.3 is 9.38 Å². The highest BCUT2D eigenvalue weighted by Crippen LogP contribution is 2.58. The molecule has 2 aliphatic heterocycles. The Kier molecular flexibility index (Phi) is 7.96. The number of aromatic nitrogens is 2. The van der Waals surface area contributed by atoms with Gasteiger partial charge in [0, 0.05) is 64.5 Å². The van der Waals surface area contributed by atoms with Crippen molar-refractivity contribution < 1.29 is 0 Å². The van der Waals surface area contributed by atoms with Crippen LogP contribution in [-0.4, -0.2) is 16.4 Å². The Morgan fingerprint density at radius 1 is 0.543 bits per heavy atom. The third kappa shape index (κ3) is 5.39. The van der Waals surface area contributed by atoms with Crippen molar-refractivity contribution in [2.75, 3.05) is 4.81 Å². The van der Waals surface area contributed by atoms with Crippen molar-refractivity contribution in [1.82, 2.24) is 9.55 Å². The van der Waals surface area contributed by atoms with Crippen molar-refractivity contribution in [1.29, 1.82) is 0 Å². The van der Waals surface area contributed by atoms with Crippen LogP contribution < -0.4 is 15.7 Å². The zero-order valence-electron chi connectivity index (χ0n) is 41.4. The highest BCUT2D eigenvalue weighted by molar-refractivity contribution is 7.26. The molecule has 3 aromatic heterocycles. The molecule has 0 amide bonds. The molecule has 0 saturated carbocycles. The molecule has 0 saturated heterocycles. The van der Waals surface area contributed by atoms with Crippen molar-refractivity contribution >= 4 is 104 Å². The molecule has 70 heavy (non-hydrogen) atoms. The predicted molar refractivity (Wildman–Crippen MR) is 303 cm³/mol. The van der Waals surface area contributed by atoms with E-state index in [1.165, 1.54) is 138 Å². The summed E-state index contributed by atoms with van der Waals surface area (Å²) in [5, 5.41) is 6.33. The number of thiophene rings is 1. The molecule has 0 bridgehead atoms. The Hall–Kier alpha value is -6.47. The predicted octanol–water partition coefficient (Wildman–Crippen LogP) is 16.6. The van der Waals surface area contributed by atoms with Crippen LogP contribution in [0.5, 0.6) is 0 Å². The smallest absolute Gasteiger partial charge is 0.333 e. The van der Waals surface area contributed by atoms with Gasteiger partial charge in [0.25, 0.3) is 0 Å². The molecule has 0 radical (unpaired) electrons. The van der Waals surface area contributed by atoms with Crippen molar-refractivity contribution in [3.8, 4) is 38.5 Å². The molecule has 6 heteroatoms. The molecule has 4 aliphatic rings. The van der Waals surface area contributed by atoms with Gasteiger partial charge in [0.15, 0.2) is 0 Å². The Balaban J connectivity index is 1.07. The first kappa shape index (κ1) is 41.3. The molecule has 0 unspecified atom stereocenters. The molecular formula is C64H54BN3S2. The lowest BCUT2D eigenvalue weighted by Gasteiger charge is -2.42. The fourth-order valence-electron chi connectivity index (χ4n) is 13.4. The van der Waals surface area contributed by atoms with E-state index in [0.717, 1.165) is 16.1 Å². The first-order chi connectivity index (χ1) is 33.5. The Labute approximate surface area is 418 Å². The standard InChI is InChI=1S/C64H54BN3S2/c1-61(2,3)36-19-21-37(22-20-36)68-53-29-42-41-27-48-49(63(6,7)26-25-62(48,4)5)32-47(41)64(8,9)46(42)28-43(53)39-23-24-40-44-31-56-45(38-17-13-14-18-55(38)69-56)30-52(44)67-54-34-57-51(33-50(54)65(68)58(39)59(40)67)66-60(70-57)35-15-11-10-12-16-35/h10-24,27-34H,25-26H2,1-9H3. The van der Waals surface area contributed by atoms with E-state index in [2.05, 4.69) is 211 Å². The van der Waals surface area contributed by atoms with Crippen molar-refractivity contribution in [2.45, 2.75) is 96.8 Å². The third-order valence-corrected chi connectivity index (χ3v) is 19.6. The van der Waals surface area contributed by atoms with E-state index in [0.29, 0.717) is 0 Å². The normalized spacial score (nSPS) is 16.8. The fraction of sp³-hybridized carbons (Fsp3) is 0.234. The molecule has 5 heterocycles. The Bertz CT molecular complexity index is 4140. The van der Waals surface area contributed by atoms with E-state index in [-0.39, 0.29) is 28.5 Å². The Morgan fingerprint density at radius 3 is 2.01 bits per heavy atom. The summed E-state index contributed by atoms with van der Waals surface area (Å²) in [6, 6.07) is 54.5. The van der Waals surface area contributed by atoms with Crippen LogP contribution in [0.15, 0.2) is 140 Å². The van der Waals surface area contributed by atoms with Gasteiger partial charge in [0.2, 0.25) is 0 Å². The average Bonchev–Trinajstić information content (AvgIpc) is 4.09. The SMILES string of the molecule is CC(C)(C)c1ccc(N2B3c4cc5nc(-c6ccccc6)sc5cc4-n4c5cc6c(cc5c5ccc(c3c54)-c3cc4c(cc32)-c2cc3c(cc2C4(C)C)C(C)(C)CCC3(C)C)sc2ccccc26)cc1. The molecule has 340 valence electrons. The summed E-state index contributed by atoms with van der Waals surface area (Å²) in [6.07, 6.45) is 2.40. The average molecular weight is 940 g/mol. The van der Waals surface area contributed by atoms with E-state index in [9.17, 15) is 0 Å². The quantitative estimate of drug-likeness (QED) is 0.161. The van der Waals surface area contributed by atoms with E-state index in [1.54, 1.807) is 11.3 Å². The number of nitrogens with zero attached hydrogens (tertiary/aromatic N) is 3. The molecule has 0 spiro atoms. The van der Waals surface area contributed by atoms with E-state index < -0.39 is 0 Å². The van der Waals surface area contributed by atoms with Gasteiger partial charge in [-0.3, -0.25) is 0 Å². The second-order valence-electron chi connectivity index (χ2n) is 23.8. The summed E-state index contributed by atoms with van der Waals surface area (Å²) in [5.74, 6) is 0. The number of anilines is 2. The van der Waals surface area contributed by atoms with Gasteiger partial charge in [0.05, 0.1) is 21.3 Å². The van der Waals surface area contributed by atoms with Crippen molar-refractivity contribution in [2.24, 2.45) is 0 Å². The minimum absolute atomic E-state index is 0.0266. The first-order valence-electron chi connectivity index (χ1n) is 25.3. The van der Waals surface area contributed by atoms with Crippen LogP contribution in [0, 0.1) is 0 Å². The molecule has 2 aliphatic carbocycles. The number of hydrogen-bond acceptors (Lipinski definition) is 4. The molecule has 0 fully saturated rings. The van der Waals surface area contributed by atoms with E-state index in [4.69, 9.17) is 4.98 Å². The molecule has 8 aromatic carbocycles. The van der Waals surface area contributed by atoms with Crippen LogP contribution in [0.1, 0.15) is 103 Å². The summed E-state index contributed by atoms with van der Waals surface area (Å²) in [7, 11) is 0. The van der Waals surface area contributed by atoms with Crippen LogP contribution >= 0.6 is 22.7 Å². The zero-order chi connectivity index (χ0) is 47.5. The van der Waals surface area contributed by atoms with Crippen LogP contribution in [-0.2, 0) is 21.7 Å². The van der Waals surface area contributed by atoms with E-state index in [1.807, 2.05) is 11.3 Å². The maximum atomic E-state index is 5.44. The highest BCUT2D eigenvalue weighted by Gasteiger charge is 2.48. The zero-order valence-corrected chi connectivity index (χ0v) is 43.1. The summed E-state index contributed by atoms with van der Waals surface area (Å²) in [6.45, 7) is 21.7. The highest BCUT2D eigenvalue weighted by atomic mass is 32.1. The topological polar surface area (TPSA) is 21.1 Å². The van der Waals surface area contributed by atoms with Gasteiger partial charge in [0.1, 0.15) is 5.01 Å². The van der Waals surface area contributed by atoms with Gasteiger partial charge in [-0.15, -0.1) is 22.7 Å². The maximum Gasteiger partial charge on any atom is 0.333 e. The number of benzene rings is 8. The van der Waals surface area contributed by atoms with Crippen LogP contribution in [0.25, 0.3) is 90.7 Å². The molecular weight excluding hydrogens is 886 g/mol. The number of fused-ring (bicyclic) bond motifs is 16. The molecule has 15 rings (SSSR count). The minimum atomic E-state index is -0.174. The third-order valence-electron chi connectivity index (χ3n) is 17.4. The van der Waals surface area contributed by atoms with Crippen molar-refractivity contribution in [3.05, 3.63) is 167 Å². The Morgan fingerprint density at radius 2 is 1.24 bits per heavy atom. The monoisotopic (exact) mass is 939 g/mol. The fourth-order valence-corrected chi connectivity index (χ4v) is 15.5. The minimum Gasteiger partial charge on any atom is -0.376 e. The lowest BCUT2D eigenvalue weighted by atomic mass is 9.44.